The highest BCUT2D eigenvalue weighted by molar-refractivity contribution is 6.60. The topological polar surface area (TPSA) is 36.9 Å². The van der Waals surface area contributed by atoms with E-state index in [1.54, 1.807) is 7.11 Å². The molecule has 5 heteroatoms. The minimum atomic E-state index is -2.57. The first-order valence-corrected chi connectivity index (χ1v) is 9.18. The fourth-order valence-electron chi connectivity index (χ4n) is 2.20. The second-order valence-electron chi connectivity index (χ2n) is 4.29. The molecule has 0 saturated carbocycles. The summed E-state index contributed by atoms with van der Waals surface area (Å²) in [7, 11) is -0.878. The summed E-state index contributed by atoms with van der Waals surface area (Å²) in [6.45, 7) is 7.75. The van der Waals surface area contributed by atoms with Crippen molar-refractivity contribution in [1.82, 2.24) is 0 Å². The number of aryl methyl sites for hydroxylation is 1. The summed E-state index contributed by atoms with van der Waals surface area (Å²) in [5.41, 5.74) is 1.16. The van der Waals surface area contributed by atoms with Crippen LogP contribution in [-0.4, -0.2) is 35.7 Å². The maximum absolute atomic E-state index is 5.86. The molecule has 20 heavy (non-hydrogen) atoms. The van der Waals surface area contributed by atoms with Gasteiger partial charge < -0.3 is 18.0 Å². The van der Waals surface area contributed by atoms with Gasteiger partial charge in [0.2, 0.25) is 0 Å². The van der Waals surface area contributed by atoms with Crippen LogP contribution in [0.4, 0.5) is 0 Å². The summed E-state index contributed by atoms with van der Waals surface area (Å²) in [5, 5.41) is 0. The average Bonchev–Trinajstić information content (AvgIpc) is 2.46. The van der Waals surface area contributed by atoms with E-state index in [4.69, 9.17) is 18.0 Å². The number of methoxy groups -OCH3 is 1. The van der Waals surface area contributed by atoms with Crippen molar-refractivity contribution < 1.29 is 18.0 Å². The lowest BCUT2D eigenvalue weighted by Gasteiger charge is -2.28. The van der Waals surface area contributed by atoms with Crippen molar-refractivity contribution >= 4 is 8.80 Å². The Kier molecular flexibility index (Phi) is 7.83. The van der Waals surface area contributed by atoms with Crippen molar-refractivity contribution in [3.63, 3.8) is 0 Å². The molecule has 0 saturated heterocycles. The molecule has 0 heterocycles. The highest BCUT2D eigenvalue weighted by Crippen LogP contribution is 2.24. The zero-order valence-electron chi connectivity index (χ0n) is 13.0. The molecule has 114 valence electrons. The quantitative estimate of drug-likeness (QED) is 0.621. The van der Waals surface area contributed by atoms with Crippen molar-refractivity contribution in [2.45, 2.75) is 33.2 Å². The molecule has 1 rings (SSSR count). The van der Waals surface area contributed by atoms with Crippen LogP contribution in [0.25, 0.3) is 0 Å². The van der Waals surface area contributed by atoms with E-state index in [1.807, 2.05) is 39.0 Å². The first-order valence-electron chi connectivity index (χ1n) is 7.25. The summed E-state index contributed by atoms with van der Waals surface area (Å²) in [4.78, 5) is 0. The number of ether oxygens (including phenoxy) is 1. The van der Waals surface area contributed by atoms with Gasteiger partial charge in [0.1, 0.15) is 5.75 Å². The summed E-state index contributed by atoms with van der Waals surface area (Å²) in [6, 6.07) is 8.80. The zero-order chi connectivity index (χ0) is 14.8. The number of rotatable bonds is 10. The lowest BCUT2D eigenvalue weighted by Crippen LogP contribution is -2.46. The molecule has 0 aliphatic rings. The molecule has 0 aromatic heterocycles. The Labute approximate surface area is 123 Å². The third-order valence-corrected chi connectivity index (χ3v) is 6.03. The monoisotopic (exact) mass is 298 g/mol. The predicted octanol–water partition coefficient (Wildman–Crippen LogP) is 3.29. The van der Waals surface area contributed by atoms with Gasteiger partial charge in [0.25, 0.3) is 0 Å². The standard InChI is InChI=1S/C15H26O4Si/c1-5-17-20(18-6-2,19-7-3)13-12-14-10-8-9-11-15(14)16-4/h8-11H,5-7,12-13H2,1-4H3. The Morgan fingerprint density at radius 3 is 1.95 bits per heavy atom. The summed E-state index contributed by atoms with van der Waals surface area (Å²) < 4.78 is 23.0. The lowest BCUT2D eigenvalue weighted by atomic mass is 10.1. The van der Waals surface area contributed by atoms with Gasteiger partial charge >= 0.3 is 8.80 Å². The Morgan fingerprint density at radius 2 is 1.45 bits per heavy atom. The van der Waals surface area contributed by atoms with Gasteiger partial charge in [-0.3, -0.25) is 0 Å². The lowest BCUT2D eigenvalue weighted by molar-refractivity contribution is 0.0714. The molecule has 0 atom stereocenters. The van der Waals surface area contributed by atoms with E-state index in [9.17, 15) is 0 Å². The summed E-state index contributed by atoms with van der Waals surface area (Å²) in [6.07, 6.45) is 0.830. The second kappa shape index (κ2) is 9.13. The van der Waals surface area contributed by atoms with Gasteiger partial charge in [-0.15, -0.1) is 0 Å². The molecular weight excluding hydrogens is 272 g/mol. The van der Waals surface area contributed by atoms with E-state index in [1.165, 1.54) is 0 Å². The van der Waals surface area contributed by atoms with Crippen LogP contribution in [0.1, 0.15) is 26.3 Å². The van der Waals surface area contributed by atoms with Crippen molar-refractivity contribution in [1.29, 1.82) is 0 Å². The molecule has 0 radical (unpaired) electrons. The third kappa shape index (κ3) is 4.90. The Hall–Kier alpha value is -0.883. The molecule has 1 aromatic rings. The molecule has 1 aromatic carbocycles. The van der Waals surface area contributed by atoms with Crippen LogP contribution in [-0.2, 0) is 19.7 Å². The first-order chi connectivity index (χ1) is 9.71. The van der Waals surface area contributed by atoms with Crippen LogP contribution < -0.4 is 4.74 Å². The third-order valence-electron chi connectivity index (χ3n) is 2.99. The molecule has 0 N–H and O–H groups in total. The summed E-state index contributed by atoms with van der Waals surface area (Å²) >= 11 is 0. The van der Waals surface area contributed by atoms with E-state index in [0.717, 1.165) is 23.8 Å². The zero-order valence-corrected chi connectivity index (χ0v) is 14.0. The molecule has 0 unspecified atom stereocenters. The van der Waals surface area contributed by atoms with E-state index >= 15 is 0 Å². The van der Waals surface area contributed by atoms with Gasteiger partial charge in [0.15, 0.2) is 0 Å². The van der Waals surface area contributed by atoms with Gasteiger partial charge in [-0.2, -0.15) is 0 Å². The van der Waals surface area contributed by atoms with Crippen LogP contribution in [0.5, 0.6) is 5.75 Å². The van der Waals surface area contributed by atoms with Crippen LogP contribution in [0.3, 0.4) is 0 Å². The first kappa shape index (κ1) is 17.2. The molecule has 0 bridgehead atoms. The van der Waals surface area contributed by atoms with Crippen LogP contribution in [0.2, 0.25) is 6.04 Å². The normalized spacial score (nSPS) is 11.6. The van der Waals surface area contributed by atoms with Gasteiger partial charge in [0, 0.05) is 25.9 Å². The number of benzene rings is 1. The maximum atomic E-state index is 5.86. The van der Waals surface area contributed by atoms with E-state index in [-0.39, 0.29) is 0 Å². The molecule has 0 amide bonds. The fraction of sp³-hybridized carbons (Fsp3) is 0.600. The van der Waals surface area contributed by atoms with Gasteiger partial charge in [-0.05, 0) is 38.8 Å². The largest absolute Gasteiger partial charge is 0.501 e. The number of hydrogen-bond donors (Lipinski definition) is 0. The maximum Gasteiger partial charge on any atom is 0.501 e. The molecule has 0 aliphatic carbocycles. The smallest absolute Gasteiger partial charge is 0.496 e. The Balaban J connectivity index is 2.78. The number of para-hydroxylation sites is 1. The molecule has 0 fully saturated rings. The molecule has 0 aliphatic heterocycles. The van der Waals surface area contributed by atoms with E-state index in [0.29, 0.717) is 19.8 Å². The van der Waals surface area contributed by atoms with Gasteiger partial charge in [0.05, 0.1) is 7.11 Å². The highest BCUT2D eigenvalue weighted by Gasteiger charge is 2.40. The van der Waals surface area contributed by atoms with Gasteiger partial charge in [-0.1, -0.05) is 18.2 Å². The van der Waals surface area contributed by atoms with Crippen molar-refractivity contribution in [2.24, 2.45) is 0 Å². The minimum absolute atomic E-state index is 0.609. The van der Waals surface area contributed by atoms with E-state index in [2.05, 4.69) is 6.07 Å². The van der Waals surface area contributed by atoms with Crippen molar-refractivity contribution in [3.8, 4) is 5.75 Å². The average molecular weight is 298 g/mol. The van der Waals surface area contributed by atoms with E-state index < -0.39 is 8.80 Å². The Bertz CT molecular complexity index is 367. The number of hydrogen-bond acceptors (Lipinski definition) is 4. The molecular formula is C15H26O4Si. The predicted molar refractivity (Wildman–Crippen MR) is 82.1 cm³/mol. The SMILES string of the molecule is CCO[Si](CCc1ccccc1OC)(OCC)OCC. The highest BCUT2D eigenvalue weighted by atomic mass is 28.4. The minimum Gasteiger partial charge on any atom is -0.496 e. The molecule has 0 spiro atoms. The van der Waals surface area contributed by atoms with Crippen LogP contribution >= 0.6 is 0 Å². The van der Waals surface area contributed by atoms with Crippen molar-refractivity contribution in [3.05, 3.63) is 29.8 Å². The molecule has 4 nitrogen and oxygen atoms in total. The van der Waals surface area contributed by atoms with Crippen molar-refractivity contribution in [2.75, 3.05) is 26.9 Å². The summed E-state index contributed by atoms with van der Waals surface area (Å²) in [5.74, 6) is 0.903. The fourth-order valence-corrected chi connectivity index (χ4v) is 4.78. The Morgan fingerprint density at radius 1 is 0.900 bits per heavy atom. The van der Waals surface area contributed by atoms with Crippen LogP contribution in [0, 0.1) is 0 Å². The van der Waals surface area contributed by atoms with Gasteiger partial charge in [-0.25, -0.2) is 0 Å². The van der Waals surface area contributed by atoms with Crippen LogP contribution in [0.15, 0.2) is 24.3 Å². The second-order valence-corrected chi connectivity index (χ2v) is 7.03.